The van der Waals surface area contributed by atoms with Gasteiger partial charge in [0.15, 0.2) is 6.29 Å². The molecule has 1 fully saturated rings. The van der Waals surface area contributed by atoms with Crippen LogP contribution in [0.25, 0.3) is 11.1 Å². The van der Waals surface area contributed by atoms with Crippen molar-refractivity contribution in [1.29, 1.82) is 0 Å². The molecule has 44 heavy (non-hydrogen) atoms. The van der Waals surface area contributed by atoms with Crippen LogP contribution in [0.15, 0.2) is 41.3 Å². The highest BCUT2D eigenvalue weighted by atomic mass is 16.4. The van der Waals surface area contributed by atoms with Crippen LogP contribution in [-0.2, 0) is 6.54 Å². The van der Waals surface area contributed by atoms with Gasteiger partial charge in [0, 0.05) is 65.5 Å². The average molecular weight is 602 g/mol. The van der Waals surface area contributed by atoms with Crippen molar-refractivity contribution in [1.82, 2.24) is 20.2 Å². The van der Waals surface area contributed by atoms with Crippen molar-refractivity contribution in [3.05, 3.63) is 80.5 Å². The molecular weight excluding hydrogens is 558 g/mol. The number of rotatable bonds is 8. The molecule has 234 valence electrons. The number of carbonyl (C=O) groups is 3. The molecule has 2 amide bonds. The molecule has 2 heterocycles. The molecule has 0 radical (unpaired) electrons. The van der Waals surface area contributed by atoms with Gasteiger partial charge in [0.25, 0.3) is 11.5 Å². The maximum atomic E-state index is 13.7. The summed E-state index contributed by atoms with van der Waals surface area (Å²) in [6.45, 7) is 11.4. The first kappa shape index (κ1) is 32.4. The zero-order chi connectivity index (χ0) is 32.3. The summed E-state index contributed by atoms with van der Waals surface area (Å²) in [6, 6.07) is 9.27. The van der Waals surface area contributed by atoms with E-state index in [0.29, 0.717) is 23.1 Å². The number of aromatic amines is 1. The van der Waals surface area contributed by atoms with Crippen LogP contribution in [0.5, 0.6) is 0 Å². The zero-order valence-electron chi connectivity index (χ0n) is 26.7. The molecule has 0 atom stereocenters. The number of nitrogens with zero attached hydrogens (tertiary/aromatic N) is 3. The summed E-state index contributed by atoms with van der Waals surface area (Å²) in [4.78, 5) is 60.3. The molecule has 1 aliphatic rings. The fourth-order valence-electron chi connectivity index (χ4n) is 6.37. The molecule has 3 aromatic rings. The first-order valence-electron chi connectivity index (χ1n) is 15.0. The predicted octanol–water partition coefficient (Wildman–Crippen LogP) is 5.63. The number of benzene rings is 1. The highest BCUT2D eigenvalue weighted by Gasteiger charge is 2.36. The Hall–Kier alpha value is -4.47. The quantitative estimate of drug-likeness (QED) is 0.285. The van der Waals surface area contributed by atoms with Gasteiger partial charge in [-0.1, -0.05) is 6.07 Å². The Kier molecular flexibility index (Phi) is 9.61. The summed E-state index contributed by atoms with van der Waals surface area (Å²) in [5.74, 6) is -0.304. The number of hydrogen-bond acceptors (Lipinski definition) is 6. The lowest BCUT2D eigenvalue weighted by Crippen LogP contribution is -2.53. The minimum Gasteiger partial charge on any atom is -0.465 e. The summed E-state index contributed by atoms with van der Waals surface area (Å²) in [6.07, 6.45) is 4.50. The van der Waals surface area contributed by atoms with E-state index in [-0.39, 0.29) is 30.1 Å². The van der Waals surface area contributed by atoms with Crippen LogP contribution >= 0.6 is 0 Å². The van der Waals surface area contributed by atoms with Crippen LogP contribution in [0.2, 0.25) is 0 Å². The normalized spacial score (nSPS) is 16.7. The Morgan fingerprint density at radius 1 is 1.05 bits per heavy atom. The van der Waals surface area contributed by atoms with Gasteiger partial charge >= 0.3 is 6.09 Å². The second kappa shape index (κ2) is 13.0. The summed E-state index contributed by atoms with van der Waals surface area (Å²) in [7, 11) is 2.01. The van der Waals surface area contributed by atoms with Crippen LogP contribution < -0.4 is 15.8 Å². The van der Waals surface area contributed by atoms with E-state index in [2.05, 4.69) is 20.2 Å². The number of hydrogen-bond donors (Lipinski definition) is 3. The standard InChI is InChI=1S/C34H43N5O5/c1-20-14-21(2)37-32(42)29(20)18-36-31(41)28-15-24(23-8-9-25(19-40)35-17-23)16-30(22(28)3)38(7)26-10-12-27(13-11-26)39(33(43)44)34(4,5)6/h8-9,14-17,19,26-27H,10-13,18H2,1-7H3,(H,36,41)(H,37,42)(H,43,44)/t26-,27-. The molecule has 0 spiro atoms. The van der Waals surface area contributed by atoms with Crippen molar-refractivity contribution < 1.29 is 19.5 Å². The van der Waals surface area contributed by atoms with Gasteiger partial charge in [0.2, 0.25) is 0 Å². The van der Waals surface area contributed by atoms with Crippen molar-refractivity contribution in [2.75, 3.05) is 11.9 Å². The van der Waals surface area contributed by atoms with Crippen molar-refractivity contribution in [3.8, 4) is 11.1 Å². The maximum absolute atomic E-state index is 13.7. The van der Waals surface area contributed by atoms with Crippen molar-refractivity contribution in [2.45, 2.75) is 91.4 Å². The molecule has 4 rings (SSSR count). The van der Waals surface area contributed by atoms with Crippen molar-refractivity contribution >= 4 is 24.0 Å². The highest BCUT2D eigenvalue weighted by molar-refractivity contribution is 5.99. The Morgan fingerprint density at radius 3 is 2.25 bits per heavy atom. The number of H-pyrrole nitrogens is 1. The Morgan fingerprint density at radius 2 is 1.70 bits per heavy atom. The third-order valence-electron chi connectivity index (χ3n) is 8.67. The van der Waals surface area contributed by atoms with Gasteiger partial charge in [-0.3, -0.25) is 19.4 Å². The van der Waals surface area contributed by atoms with E-state index >= 15 is 0 Å². The third-order valence-corrected chi connectivity index (χ3v) is 8.67. The summed E-state index contributed by atoms with van der Waals surface area (Å²) in [5, 5.41) is 12.8. The SMILES string of the molecule is Cc1cc(C)c(CNC(=O)c2cc(-c3ccc(C=O)nc3)cc(N(C)[C@H]3CC[C@H](N(C(=O)O)C(C)(C)C)CC3)c2C)c(=O)[nH]1. The van der Waals surface area contributed by atoms with E-state index in [4.69, 9.17) is 0 Å². The number of aromatic nitrogens is 2. The fraction of sp³-hybridized carbons (Fsp3) is 0.441. The largest absolute Gasteiger partial charge is 0.465 e. The number of aldehydes is 1. The highest BCUT2D eigenvalue weighted by Crippen LogP contribution is 2.36. The van der Waals surface area contributed by atoms with Crippen LogP contribution in [0.3, 0.4) is 0 Å². The van der Waals surface area contributed by atoms with Gasteiger partial charge < -0.3 is 25.2 Å². The Labute approximate surface area is 258 Å². The van der Waals surface area contributed by atoms with E-state index in [0.717, 1.165) is 59.3 Å². The smallest absolute Gasteiger partial charge is 0.407 e. The molecule has 0 unspecified atom stereocenters. The van der Waals surface area contributed by atoms with Crippen molar-refractivity contribution in [2.24, 2.45) is 0 Å². The fourth-order valence-corrected chi connectivity index (χ4v) is 6.37. The maximum Gasteiger partial charge on any atom is 0.407 e. The molecule has 2 aromatic heterocycles. The summed E-state index contributed by atoms with van der Waals surface area (Å²) in [5.41, 5.74) is 5.36. The Bertz CT molecular complexity index is 1600. The van der Waals surface area contributed by atoms with Gasteiger partial charge in [0.05, 0.1) is 0 Å². The van der Waals surface area contributed by atoms with E-state index in [1.807, 2.05) is 66.8 Å². The number of anilines is 1. The van der Waals surface area contributed by atoms with Crippen LogP contribution in [0.4, 0.5) is 10.5 Å². The first-order chi connectivity index (χ1) is 20.7. The van der Waals surface area contributed by atoms with Gasteiger partial charge in [-0.15, -0.1) is 0 Å². The molecule has 10 heteroatoms. The molecule has 0 saturated heterocycles. The molecule has 1 saturated carbocycles. The van der Waals surface area contributed by atoms with Crippen LogP contribution in [-0.4, -0.2) is 62.9 Å². The van der Waals surface area contributed by atoms with Gasteiger partial charge in [-0.2, -0.15) is 0 Å². The van der Waals surface area contributed by atoms with Gasteiger partial charge in [0.1, 0.15) is 5.69 Å². The first-order valence-corrected chi connectivity index (χ1v) is 15.0. The van der Waals surface area contributed by atoms with Crippen LogP contribution in [0.1, 0.15) is 89.7 Å². The topological polar surface area (TPSA) is 136 Å². The number of pyridine rings is 2. The number of carbonyl (C=O) groups excluding carboxylic acids is 2. The number of amides is 2. The lowest BCUT2D eigenvalue weighted by Gasteiger charge is -2.44. The van der Waals surface area contributed by atoms with Crippen LogP contribution in [0, 0.1) is 20.8 Å². The number of carboxylic acid groups (broad SMARTS) is 1. The lowest BCUT2D eigenvalue weighted by atomic mass is 9.86. The molecule has 0 aliphatic heterocycles. The zero-order valence-corrected chi connectivity index (χ0v) is 26.7. The van der Waals surface area contributed by atoms with Crippen molar-refractivity contribution in [3.63, 3.8) is 0 Å². The second-order valence-electron chi connectivity index (χ2n) is 12.8. The minimum atomic E-state index is -0.898. The number of aryl methyl sites for hydroxylation is 2. The van der Waals surface area contributed by atoms with E-state index in [1.165, 1.54) is 0 Å². The van der Waals surface area contributed by atoms with Gasteiger partial charge in [-0.25, -0.2) is 4.79 Å². The van der Waals surface area contributed by atoms with E-state index < -0.39 is 11.6 Å². The minimum absolute atomic E-state index is 0.0540. The second-order valence-corrected chi connectivity index (χ2v) is 12.8. The number of nitrogens with one attached hydrogen (secondary N) is 2. The lowest BCUT2D eigenvalue weighted by molar-refractivity contribution is 0.0547. The molecule has 10 nitrogen and oxygen atoms in total. The molecule has 1 aliphatic carbocycles. The Balaban J connectivity index is 1.65. The molecular formula is C34H43N5O5. The van der Waals surface area contributed by atoms with E-state index in [1.54, 1.807) is 23.2 Å². The molecule has 3 N–H and O–H groups in total. The predicted molar refractivity (Wildman–Crippen MR) is 172 cm³/mol. The average Bonchev–Trinajstić information content (AvgIpc) is 2.96. The third kappa shape index (κ3) is 7.01. The summed E-state index contributed by atoms with van der Waals surface area (Å²) >= 11 is 0. The van der Waals surface area contributed by atoms with E-state index in [9.17, 15) is 24.3 Å². The molecule has 1 aromatic carbocycles. The van der Waals surface area contributed by atoms with Gasteiger partial charge in [-0.05, 0) is 108 Å². The molecule has 0 bridgehead atoms. The summed E-state index contributed by atoms with van der Waals surface area (Å²) < 4.78 is 0. The monoisotopic (exact) mass is 601 g/mol.